The highest BCUT2D eigenvalue weighted by Gasteiger charge is 2.16. The molecular formula is C18H20ClN3O3. The van der Waals surface area contributed by atoms with Crippen molar-refractivity contribution in [2.45, 2.75) is 31.9 Å². The van der Waals surface area contributed by atoms with E-state index in [1.165, 1.54) is 10.7 Å². The van der Waals surface area contributed by atoms with Crippen LogP contribution >= 0.6 is 11.6 Å². The fraction of sp³-hybridized carbons (Fsp3) is 0.389. The summed E-state index contributed by atoms with van der Waals surface area (Å²) in [5.74, 6) is -0.114. The van der Waals surface area contributed by atoms with E-state index in [1.54, 1.807) is 18.2 Å². The summed E-state index contributed by atoms with van der Waals surface area (Å²) in [6, 6.07) is 10.4. The van der Waals surface area contributed by atoms with E-state index in [-0.39, 0.29) is 30.5 Å². The van der Waals surface area contributed by atoms with Crippen molar-refractivity contribution in [3.63, 3.8) is 0 Å². The summed E-state index contributed by atoms with van der Waals surface area (Å²) in [6.07, 6.45) is 2.31. The number of halogens is 1. The van der Waals surface area contributed by atoms with Crippen molar-refractivity contribution in [1.29, 1.82) is 0 Å². The van der Waals surface area contributed by atoms with E-state index < -0.39 is 0 Å². The molecule has 0 bridgehead atoms. The van der Waals surface area contributed by atoms with Crippen molar-refractivity contribution in [2.75, 3.05) is 13.2 Å². The Labute approximate surface area is 150 Å². The van der Waals surface area contributed by atoms with E-state index >= 15 is 0 Å². The van der Waals surface area contributed by atoms with E-state index in [2.05, 4.69) is 10.4 Å². The second kappa shape index (κ2) is 8.27. The Bertz CT molecular complexity index is 800. The second-order valence-corrected chi connectivity index (χ2v) is 6.42. The molecule has 1 aliphatic heterocycles. The highest BCUT2D eigenvalue weighted by molar-refractivity contribution is 6.30. The van der Waals surface area contributed by atoms with Crippen molar-refractivity contribution >= 4 is 17.5 Å². The van der Waals surface area contributed by atoms with Gasteiger partial charge in [0, 0.05) is 36.2 Å². The average molecular weight is 362 g/mol. The van der Waals surface area contributed by atoms with Gasteiger partial charge in [-0.25, -0.2) is 4.68 Å². The van der Waals surface area contributed by atoms with Gasteiger partial charge in [0.25, 0.3) is 5.56 Å². The summed E-state index contributed by atoms with van der Waals surface area (Å²) in [7, 11) is 0. The monoisotopic (exact) mass is 361 g/mol. The largest absolute Gasteiger partial charge is 0.376 e. The molecule has 3 rings (SSSR count). The number of hydrogen-bond acceptors (Lipinski definition) is 4. The molecule has 1 amide bonds. The van der Waals surface area contributed by atoms with Crippen molar-refractivity contribution in [2.24, 2.45) is 0 Å². The number of amides is 1. The highest BCUT2D eigenvalue weighted by atomic mass is 35.5. The van der Waals surface area contributed by atoms with Crippen LogP contribution in [0.15, 0.2) is 41.2 Å². The first-order valence-electron chi connectivity index (χ1n) is 8.34. The zero-order valence-corrected chi connectivity index (χ0v) is 14.5. The lowest BCUT2D eigenvalue weighted by Crippen LogP contribution is -2.33. The van der Waals surface area contributed by atoms with Crippen LogP contribution in [-0.4, -0.2) is 34.9 Å². The minimum absolute atomic E-state index is 0.107. The first-order chi connectivity index (χ1) is 12.1. The zero-order valence-electron chi connectivity index (χ0n) is 13.8. The SMILES string of the molecule is O=C(CCn1nc(-c2cccc(Cl)c2)ccc1=O)NC[C@@H]1CCCO1. The van der Waals surface area contributed by atoms with Gasteiger partial charge in [-0.3, -0.25) is 9.59 Å². The maximum absolute atomic E-state index is 12.0. The molecule has 7 heteroatoms. The lowest BCUT2D eigenvalue weighted by Gasteiger charge is -2.11. The van der Waals surface area contributed by atoms with Crippen LogP contribution < -0.4 is 10.9 Å². The summed E-state index contributed by atoms with van der Waals surface area (Å²) in [6.45, 7) is 1.50. The van der Waals surface area contributed by atoms with E-state index in [4.69, 9.17) is 16.3 Å². The third-order valence-electron chi connectivity index (χ3n) is 4.09. The number of aromatic nitrogens is 2. The van der Waals surface area contributed by atoms with Gasteiger partial charge in [-0.1, -0.05) is 23.7 Å². The molecule has 1 N–H and O–H groups in total. The number of nitrogens with zero attached hydrogens (tertiary/aromatic N) is 2. The van der Waals surface area contributed by atoms with Crippen LogP contribution in [-0.2, 0) is 16.1 Å². The van der Waals surface area contributed by atoms with Gasteiger partial charge in [0.05, 0.1) is 18.3 Å². The van der Waals surface area contributed by atoms with Crippen LogP contribution in [0.2, 0.25) is 5.02 Å². The first-order valence-corrected chi connectivity index (χ1v) is 8.72. The van der Waals surface area contributed by atoms with E-state index in [0.29, 0.717) is 17.3 Å². The van der Waals surface area contributed by atoms with Gasteiger partial charge in [0.2, 0.25) is 5.91 Å². The molecule has 2 heterocycles. The molecule has 0 saturated carbocycles. The summed E-state index contributed by atoms with van der Waals surface area (Å²) >= 11 is 6.00. The topological polar surface area (TPSA) is 73.2 Å². The third kappa shape index (κ3) is 4.90. The van der Waals surface area contributed by atoms with Crippen LogP contribution in [0.4, 0.5) is 0 Å². The van der Waals surface area contributed by atoms with Crippen molar-refractivity contribution in [3.8, 4) is 11.3 Å². The Hall–Kier alpha value is -2.18. The number of benzene rings is 1. The highest BCUT2D eigenvalue weighted by Crippen LogP contribution is 2.19. The average Bonchev–Trinajstić information content (AvgIpc) is 3.13. The molecule has 0 spiro atoms. The summed E-state index contributed by atoms with van der Waals surface area (Å²) in [5, 5.41) is 7.78. The van der Waals surface area contributed by atoms with Gasteiger partial charge >= 0.3 is 0 Å². The molecule has 0 radical (unpaired) electrons. The molecule has 1 aromatic carbocycles. The molecule has 0 unspecified atom stereocenters. The number of aryl methyl sites for hydroxylation is 1. The van der Waals surface area contributed by atoms with Crippen LogP contribution in [0.25, 0.3) is 11.3 Å². The first kappa shape index (κ1) is 17.6. The minimum Gasteiger partial charge on any atom is -0.376 e. The summed E-state index contributed by atoms with van der Waals surface area (Å²) in [4.78, 5) is 23.9. The predicted molar refractivity (Wildman–Crippen MR) is 95.5 cm³/mol. The van der Waals surface area contributed by atoms with Crippen molar-refractivity contribution in [3.05, 3.63) is 51.8 Å². The molecule has 1 aliphatic rings. The standard InChI is InChI=1S/C18H20ClN3O3/c19-14-4-1-3-13(11-14)16-6-7-18(24)22(21-16)9-8-17(23)20-12-15-5-2-10-25-15/h1,3-4,6-7,11,15H,2,5,8-10,12H2,(H,20,23)/t15-/m0/s1. The van der Waals surface area contributed by atoms with Crippen molar-refractivity contribution in [1.82, 2.24) is 15.1 Å². The van der Waals surface area contributed by atoms with E-state index in [9.17, 15) is 9.59 Å². The summed E-state index contributed by atoms with van der Waals surface area (Å²) < 4.78 is 6.77. The number of ether oxygens (including phenoxy) is 1. The molecule has 6 nitrogen and oxygen atoms in total. The Morgan fingerprint density at radius 1 is 1.36 bits per heavy atom. The molecule has 1 saturated heterocycles. The smallest absolute Gasteiger partial charge is 0.266 e. The molecule has 25 heavy (non-hydrogen) atoms. The Morgan fingerprint density at radius 3 is 3.00 bits per heavy atom. The minimum atomic E-state index is -0.238. The number of rotatable bonds is 6. The number of carbonyl (C=O) groups excluding carboxylic acids is 1. The molecule has 2 aromatic rings. The van der Waals surface area contributed by atoms with Gasteiger partial charge in [0.1, 0.15) is 0 Å². The Balaban J connectivity index is 1.61. The van der Waals surface area contributed by atoms with Gasteiger partial charge in [-0.15, -0.1) is 0 Å². The number of carbonyl (C=O) groups is 1. The lowest BCUT2D eigenvalue weighted by molar-refractivity contribution is -0.121. The predicted octanol–water partition coefficient (Wildman–Crippen LogP) is 2.25. The quantitative estimate of drug-likeness (QED) is 0.856. The van der Waals surface area contributed by atoms with Crippen LogP contribution in [0, 0.1) is 0 Å². The number of nitrogens with one attached hydrogen (secondary N) is 1. The van der Waals surface area contributed by atoms with Gasteiger partial charge in [0.15, 0.2) is 0 Å². The zero-order chi connectivity index (χ0) is 17.6. The normalized spacial score (nSPS) is 16.8. The fourth-order valence-electron chi connectivity index (χ4n) is 2.74. The lowest BCUT2D eigenvalue weighted by atomic mass is 10.1. The molecule has 132 valence electrons. The second-order valence-electron chi connectivity index (χ2n) is 5.98. The van der Waals surface area contributed by atoms with Crippen molar-refractivity contribution < 1.29 is 9.53 Å². The van der Waals surface area contributed by atoms with Crippen LogP contribution in [0.5, 0.6) is 0 Å². The third-order valence-corrected chi connectivity index (χ3v) is 4.32. The molecular weight excluding hydrogens is 342 g/mol. The maximum atomic E-state index is 12.0. The maximum Gasteiger partial charge on any atom is 0.266 e. The fourth-order valence-corrected chi connectivity index (χ4v) is 2.93. The summed E-state index contributed by atoms with van der Waals surface area (Å²) in [5.41, 5.74) is 1.23. The number of hydrogen-bond donors (Lipinski definition) is 1. The molecule has 1 atom stereocenters. The van der Waals surface area contributed by atoms with Gasteiger partial charge in [-0.2, -0.15) is 5.10 Å². The molecule has 0 aliphatic carbocycles. The molecule has 1 fully saturated rings. The Kier molecular flexibility index (Phi) is 5.83. The molecule has 1 aromatic heterocycles. The Morgan fingerprint density at radius 2 is 2.24 bits per heavy atom. The van der Waals surface area contributed by atoms with Gasteiger partial charge in [-0.05, 0) is 31.0 Å². The van der Waals surface area contributed by atoms with Crippen LogP contribution in [0.3, 0.4) is 0 Å². The van der Waals surface area contributed by atoms with Crippen LogP contribution in [0.1, 0.15) is 19.3 Å². The van der Waals surface area contributed by atoms with Gasteiger partial charge < -0.3 is 10.1 Å². The van der Waals surface area contributed by atoms with E-state index in [1.807, 2.05) is 12.1 Å². The van der Waals surface area contributed by atoms with E-state index in [0.717, 1.165) is 25.0 Å².